The minimum atomic E-state index is -0.684. The predicted octanol–water partition coefficient (Wildman–Crippen LogP) is 5.77. The first-order valence-electron chi connectivity index (χ1n) is 9.01. The number of hydrogen-bond donors (Lipinski definition) is 0. The first kappa shape index (κ1) is 19.2. The zero-order valence-electron chi connectivity index (χ0n) is 15.3. The maximum absolute atomic E-state index is 14.0. The van der Waals surface area contributed by atoms with E-state index in [0.29, 0.717) is 5.75 Å². The number of nitriles is 1. The molecule has 0 aromatic heterocycles. The molecule has 1 unspecified atom stereocenters. The second-order valence-corrected chi connectivity index (χ2v) is 7.50. The van der Waals surface area contributed by atoms with Crippen LogP contribution < -0.4 is 0 Å². The Balaban J connectivity index is 1.51. The van der Waals surface area contributed by atoms with E-state index in [1.165, 1.54) is 30.0 Å². The Morgan fingerprint density at radius 3 is 2.21 bits per heavy atom. The number of hydrogen-bond acceptors (Lipinski definition) is 4. The third-order valence-electron chi connectivity index (χ3n) is 4.61. The molecule has 1 heterocycles. The van der Waals surface area contributed by atoms with E-state index in [-0.39, 0.29) is 24.1 Å². The zero-order valence-corrected chi connectivity index (χ0v) is 16.1. The molecule has 3 nitrogen and oxygen atoms in total. The molecule has 0 saturated heterocycles. The lowest BCUT2D eigenvalue weighted by atomic mass is 10.0. The van der Waals surface area contributed by atoms with Gasteiger partial charge in [0.05, 0.1) is 11.8 Å². The number of rotatable bonds is 5. The molecule has 3 aromatic rings. The van der Waals surface area contributed by atoms with Crippen molar-refractivity contribution < 1.29 is 13.5 Å². The number of halogens is 2. The number of benzene rings is 3. The molecule has 0 aliphatic carbocycles. The molecular weight excluding hydrogens is 390 g/mol. The summed E-state index contributed by atoms with van der Waals surface area (Å²) in [6.45, 7) is 0.243. The van der Waals surface area contributed by atoms with E-state index < -0.39 is 11.6 Å². The van der Waals surface area contributed by atoms with Crippen LogP contribution in [0.25, 0.3) is 11.1 Å². The van der Waals surface area contributed by atoms with Crippen molar-refractivity contribution in [3.8, 4) is 17.2 Å². The Kier molecular flexibility index (Phi) is 5.59. The highest BCUT2D eigenvalue weighted by atomic mass is 32.2. The van der Waals surface area contributed by atoms with Crippen LogP contribution >= 0.6 is 11.8 Å². The predicted molar refractivity (Wildman–Crippen MR) is 110 cm³/mol. The van der Waals surface area contributed by atoms with Crippen LogP contribution in [-0.2, 0) is 4.74 Å². The molecule has 0 amide bonds. The lowest BCUT2D eigenvalue weighted by molar-refractivity contribution is 0.317. The lowest BCUT2D eigenvalue weighted by Gasteiger charge is -2.08. The van der Waals surface area contributed by atoms with Gasteiger partial charge in [-0.1, -0.05) is 42.5 Å². The van der Waals surface area contributed by atoms with Crippen LogP contribution in [0.15, 0.2) is 76.6 Å². The molecule has 29 heavy (non-hydrogen) atoms. The lowest BCUT2D eigenvalue weighted by Crippen LogP contribution is -2.07. The molecule has 144 valence electrons. The summed E-state index contributed by atoms with van der Waals surface area (Å²) >= 11 is 1.50. The fourth-order valence-corrected chi connectivity index (χ4v) is 3.70. The topological polar surface area (TPSA) is 45.4 Å². The Bertz CT molecular complexity index is 1070. The van der Waals surface area contributed by atoms with Crippen molar-refractivity contribution in [2.24, 2.45) is 4.99 Å². The Hall–Kier alpha value is -3.17. The third-order valence-corrected chi connectivity index (χ3v) is 5.49. The molecule has 0 bridgehead atoms. The van der Waals surface area contributed by atoms with Gasteiger partial charge in [0.25, 0.3) is 0 Å². The van der Waals surface area contributed by atoms with Crippen LogP contribution in [0, 0.1) is 23.0 Å². The van der Waals surface area contributed by atoms with Crippen molar-refractivity contribution in [2.45, 2.75) is 10.9 Å². The fourth-order valence-electron chi connectivity index (χ4n) is 3.14. The maximum Gasteiger partial charge on any atom is 0.222 e. The largest absolute Gasteiger partial charge is 0.475 e. The summed E-state index contributed by atoms with van der Waals surface area (Å²) in [7, 11) is 0. The van der Waals surface area contributed by atoms with Crippen molar-refractivity contribution in [2.75, 3.05) is 12.4 Å². The first-order valence-corrected chi connectivity index (χ1v) is 9.99. The molecule has 0 saturated carbocycles. The normalized spacial score (nSPS) is 15.5. The van der Waals surface area contributed by atoms with Crippen molar-refractivity contribution in [3.63, 3.8) is 0 Å². The van der Waals surface area contributed by atoms with Crippen molar-refractivity contribution in [1.82, 2.24) is 0 Å². The Labute approximate surface area is 171 Å². The zero-order chi connectivity index (χ0) is 20.2. The van der Waals surface area contributed by atoms with E-state index in [1.807, 2.05) is 48.5 Å². The van der Waals surface area contributed by atoms with Gasteiger partial charge >= 0.3 is 0 Å². The van der Waals surface area contributed by atoms with E-state index in [0.717, 1.165) is 21.6 Å². The summed E-state index contributed by atoms with van der Waals surface area (Å²) in [6, 6.07) is 21.4. The van der Waals surface area contributed by atoms with Gasteiger partial charge in [0.15, 0.2) is 0 Å². The average Bonchev–Trinajstić information content (AvgIpc) is 3.22. The minimum Gasteiger partial charge on any atom is -0.475 e. The molecule has 0 radical (unpaired) electrons. The summed E-state index contributed by atoms with van der Waals surface area (Å²) in [4.78, 5) is 5.43. The quantitative estimate of drug-likeness (QED) is 0.506. The van der Waals surface area contributed by atoms with Gasteiger partial charge in [0, 0.05) is 4.90 Å². The third kappa shape index (κ3) is 4.15. The SMILES string of the molecule is N#CCSc1ccc(-c2ccc(C3COC(c4c(F)cccc4F)=N3)cc2)cc1. The van der Waals surface area contributed by atoms with Crippen LogP contribution in [0.5, 0.6) is 0 Å². The number of nitrogens with zero attached hydrogens (tertiary/aromatic N) is 2. The summed E-state index contributed by atoms with van der Waals surface area (Å²) < 4.78 is 33.4. The fraction of sp³-hybridized carbons (Fsp3) is 0.130. The first-order chi connectivity index (χ1) is 14.2. The van der Waals surface area contributed by atoms with Crippen LogP contribution in [0.3, 0.4) is 0 Å². The van der Waals surface area contributed by atoms with Gasteiger partial charge < -0.3 is 4.74 Å². The number of ether oxygens (including phenoxy) is 1. The van der Waals surface area contributed by atoms with E-state index in [4.69, 9.17) is 10.00 Å². The molecule has 6 heteroatoms. The monoisotopic (exact) mass is 406 g/mol. The van der Waals surface area contributed by atoms with Crippen molar-refractivity contribution in [3.05, 3.63) is 89.5 Å². The maximum atomic E-state index is 14.0. The van der Waals surface area contributed by atoms with E-state index in [2.05, 4.69) is 11.1 Å². The molecule has 0 fully saturated rings. The molecule has 3 aromatic carbocycles. The number of thioether (sulfide) groups is 1. The molecule has 0 spiro atoms. The van der Waals surface area contributed by atoms with E-state index in [1.54, 1.807) is 0 Å². The molecule has 1 aliphatic rings. The summed E-state index contributed by atoms with van der Waals surface area (Å²) in [5, 5.41) is 8.66. The highest BCUT2D eigenvalue weighted by Gasteiger charge is 2.26. The van der Waals surface area contributed by atoms with E-state index >= 15 is 0 Å². The Morgan fingerprint density at radius 2 is 1.59 bits per heavy atom. The van der Waals surface area contributed by atoms with Gasteiger partial charge in [-0.3, -0.25) is 0 Å². The van der Waals surface area contributed by atoms with Crippen LogP contribution in [0.4, 0.5) is 8.78 Å². The van der Waals surface area contributed by atoms with Gasteiger partial charge in [-0.15, -0.1) is 11.8 Å². The van der Waals surface area contributed by atoms with Gasteiger partial charge in [-0.2, -0.15) is 5.26 Å². The standard InChI is InChI=1S/C23H16F2N2OS/c24-19-2-1-3-20(25)22(19)23-27-21(14-28-23)17-6-4-15(5-7-17)16-8-10-18(11-9-16)29-13-12-26/h1-11,21H,13-14H2. The van der Waals surface area contributed by atoms with Crippen molar-refractivity contribution in [1.29, 1.82) is 5.26 Å². The van der Waals surface area contributed by atoms with Gasteiger partial charge in [-0.25, -0.2) is 13.8 Å². The van der Waals surface area contributed by atoms with Crippen LogP contribution in [-0.4, -0.2) is 18.3 Å². The summed E-state index contributed by atoms with van der Waals surface area (Å²) in [5.41, 5.74) is 2.81. The van der Waals surface area contributed by atoms with Gasteiger partial charge in [0.2, 0.25) is 5.90 Å². The van der Waals surface area contributed by atoms with Crippen LogP contribution in [0.1, 0.15) is 17.2 Å². The molecule has 1 aliphatic heterocycles. The molecule has 4 rings (SSSR count). The summed E-state index contributed by atoms with van der Waals surface area (Å²) in [5.74, 6) is -0.941. The van der Waals surface area contributed by atoms with Gasteiger partial charge in [-0.05, 0) is 41.0 Å². The van der Waals surface area contributed by atoms with E-state index in [9.17, 15) is 8.78 Å². The van der Waals surface area contributed by atoms with Crippen LogP contribution in [0.2, 0.25) is 0 Å². The Morgan fingerprint density at radius 1 is 0.966 bits per heavy atom. The smallest absolute Gasteiger partial charge is 0.222 e. The summed E-state index contributed by atoms with van der Waals surface area (Å²) in [6.07, 6.45) is 0. The second kappa shape index (κ2) is 8.46. The molecule has 0 N–H and O–H groups in total. The highest BCUT2D eigenvalue weighted by Crippen LogP contribution is 2.30. The van der Waals surface area contributed by atoms with Gasteiger partial charge in [0.1, 0.15) is 29.8 Å². The molecule has 1 atom stereocenters. The second-order valence-electron chi connectivity index (χ2n) is 6.45. The number of aliphatic imine (C=N–C) groups is 1. The molecular formula is C23H16F2N2OS. The average molecular weight is 406 g/mol. The van der Waals surface area contributed by atoms with Crippen molar-refractivity contribution >= 4 is 17.7 Å². The highest BCUT2D eigenvalue weighted by molar-refractivity contribution is 7.99. The minimum absolute atomic E-state index is 0.000124.